The fourth-order valence-corrected chi connectivity index (χ4v) is 2.59. The number of rotatable bonds is 3. The zero-order valence-corrected chi connectivity index (χ0v) is 12.6. The molecule has 1 heterocycles. The van der Waals surface area contributed by atoms with E-state index in [2.05, 4.69) is 31.2 Å². The molecule has 3 N–H and O–H groups in total. The van der Waals surface area contributed by atoms with Gasteiger partial charge in [0.25, 0.3) is 0 Å². The third kappa shape index (κ3) is 2.78. The predicted molar refractivity (Wildman–Crippen MR) is 79.9 cm³/mol. The van der Waals surface area contributed by atoms with Crippen LogP contribution in [0.1, 0.15) is 11.1 Å². The number of halogens is 1. The van der Waals surface area contributed by atoms with E-state index in [-0.39, 0.29) is 0 Å². The Labute approximate surface area is 120 Å². The van der Waals surface area contributed by atoms with Crippen LogP contribution < -0.4 is 15.8 Å². The lowest BCUT2D eigenvalue weighted by Crippen LogP contribution is -2.04. The lowest BCUT2D eigenvalue weighted by atomic mass is 10.1. The molecule has 0 spiro atoms. The third-order valence-electron chi connectivity index (χ3n) is 2.78. The largest absolute Gasteiger partial charge is 0.490 e. The summed E-state index contributed by atoms with van der Waals surface area (Å²) in [6, 6.07) is 4.07. The normalized spacial score (nSPS) is 10.3. The molecule has 0 aliphatic carbocycles. The van der Waals surface area contributed by atoms with Gasteiger partial charge in [-0.25, -0.2) is 9.97 Å². The van der Waals surface area contributed by atoms with E-state index >= 15 is 0 Å². The number of aromatic nitrogens is 2. The Morgan fingerprint density at radius 3 is 2.42 bits per heavy atom. The smallest absolute Gasteiger partial charge is 0.204 e. The molecule has 1 aromatic carbocycles. The van der Waals surface area contributed by atoms with Crippen molar-refractivity contribution in [1.82, 2.24) is 9.97 Å². The van der Waals surface area contributed by atoms with Crippen molar-refractivity contribution in [1.29, 1.82) is 0 Å². The molecule has 19 heavy (non-hydrogen) atoms. The van der Waals surface area contributed by atoms with E-state index in [1.165, 1.54) is 6.33 Å². The van der Waals surface area contributed by atoms with Crippen molar-refractivity contribution >= 4 is 33.3 Å². The number of ether oxygens (including phenoxy) is 1. The van der Waals surface area contributed by atoms with E-state index < -0.39 is 0 Å². The number of methoxy groups -OCH3 is 1. The molecule has 5 nitrogen and oxygen atoms in total. The van der Waals surface area contributed by atoms with E-state index in [4.69, 9.17) is 10.5 Å². The van der Waals surface area contributed by atoms with E-state index in [0.29, 0.717) is 17.4 Å². The fraction of sp³-hybridized carbons (Fsp3) is 0.231. The number of nitrogens with zero attached hydrogens (tertiary/aromatic N) is 2. The molecule has 6 heteroatoms. The first-order chi connectivity index (χ1) is 9.02. The van der Waals surface area contributed by atoms with Gasteiger partial charge in [-0.15, -0.1) is 0 Å². The maximum atomic E-state index is 5.76. The molecule has 0 unspecified atom stereocenters. The number of aryl methyl sites for hydroxylation is 2. The Balaban J connectivity index is 2.45. The van der Waals surface area contributed by atoms with Gasteiger partial charge in [-0.3, -0.25) is 0 Å². The van der Waals surface area contributed by atoms with Gasteiger partial charge in [-0.05, 0) is 37.1 Å². The summed E-state index contributed by atoms with van der Waals surface area (Å²) in [6.07, 6.45) is 1.41. The van der Waals surface area contributed by atoms with Crippen LogP contribution in [0.15, 0.2) is 22.9 Å². The SMILES string of the molecule is COc1c(N)ncnc1Nc1c(C)cc(Br)cc1C. The first kappa shape index (κ1) is 13.6. The van der Waals surface area contributed by atoms with Crippen LogP contribution >= 0.6 is 15.9 Å². The minimum atomic E-state index is 0.312. The lowest BCUT2D eigenvalue weighted by Gasteiger charge is -2.15. The highest BCUT2D eigenvalue weighted by Crippen LogP contribution is 2.33. The molecule has 0 radical (unpaired) electrons. The second-order valence-corrected chi connectivity index (χ2v) is 5.10. The van der Waals surface area contributed by atoms with Crippen LogP contribution in [0.2, 0.25) is 0 Å². The van der Waals surface area contributed by atoms with Gasteiger partial charge >= 0.3 is 0 Å². The minimum Gasteiger partial charge on any atom is -0.490 e. The molecule has 100 valence electrons. The first-order valence-corrected chi connectivity index (χ1v) is 6.50. The summed E-state index contributed by atoms with van der Waals surface area (Å²) >= 11 is 3.47. The van der Waals surface area contributed by atoms with Gasteiger partial charge in [0.05, 0.1) is 7.11 Å². The highest BCUT2D eigenvalue weighted by atomic mass is 79.9. The standard InChI is InChI=1S/C13H15BrN4O/c1-7-4-9(14)5-8(2)10(7)18-13-11(19-3)12(15)16-6-17-13/h4-6H,1-3H3,(H3,15,16,17,18). The van der Waals surface area contributed by atoms with Gasteiger partial charge in [0.15, 0.2) is 11.6 Å². The zero-order chi connectivity index (χ0) is 14.0. The molecule has 0 aliphatic rings. The van der Waals surface area contributed by atoms with Crippen LogP contribution in [0.3, 0.4) is 0 Å². The molecule has 0 atom stereocenters. The van der Waals surface area contributed by atoms with Gasteiger partial charge in [0.2, 0.25) is 5.75 Å². The quantitative estimate of drug-likeness (QED) is 0.907. The Morgan fingerprint density at radius 2 is 1.84 bits per heavy atom. The summed E-state index contributed by atoms with van der Waals surface area (Å²) in [5.41, 5.74) is 8.95. The molecule has 0 saturated heterocycles. The molecule has 2 rings (SSSR count). The molecule has 2 aromatic rings. The van der Waals surface area contributed by atoms with Gasteiger partial charge in [-0.2, -0.15) is 0 Å². The molecule has 0 aliphatic heterocycles. The number of benzene rings is 1. The topological polar surface area (TPSA) is 73.1 Å². The Bertz CT molecular complexity index is 593. The predicted octanol–water partition coefficient (Wildman–Crippen LogP) is 3.19. The molecular formula is C13H15BrN4O. The number of nitrogens with one attached hydrogen (secondary N) is 1. The molecule has 0 bridgehead atoms. The van der Waals surface area contributed by atoms with Gasteiger partial charge in [-0.1, -0.05) is 15.9 Å². The average molecular weight is 323 g/mol. The summed E-state index contributed by atoms with van der Waals surface area (Å²) in [5, 5.41) is 3.25. The van der Waals surface area contributed by atoms with Crippen LogP contribution in [-0.2, 0) is 0 Å². The zero-order valence-electron chi connectivity index (χ0n) is 11.0. The van der Waals surface area contributed by atoms with Gasteiger partial charge in [0.1, 0.15) is 6.33 Å². The summed E-state index contributed by atoms with van der Waals surface area (Å²) in [4.78, 5) is 8.08. The van der Waals surface area contributed by atoms with Crippen molar-refractivity contribution in [3.8, 4) is 5.75 Å². The summed E-state index contributed by atoms with van der Waals surface area (Å²) < 4.78 is 6.27. The maximum absolute atomic E-state index is 5.76. The maximum Gasteiger partial charge on any atom is 0.204 e. The van der Waals surface area contributed by atoms with E-state index in [1.807, 2.05) is 26.0 Å². The van der Waals surface area contributed by atoms with Crippen LogP contribution in [0.4, 0.5) is 17.3 Å². The van der Waals surface area contributed by atoms with Crippen molar-refractivity contribution < 1.29 is 4.74 Å². The monoisotopic (exact) mass is 322 g/mol. The lowest BCUT2D eigenvalue weighted by molar-refractivity contribution is 0.415. The van der Waals surface area contributed by atoms with Crippen molar-refractivity contribution in [2.24, 2.45) is 0 Å². The van der Waals surface area contributed by atoms with Gasteiger partial charge in [0, 0.05) is 10.2 Å². The number of nitrogens with two attached hydrogens (primary N) is 1. The Kier molecular flexibility index (Phi) is 3.90. The molecule has 0 saturated carbocycles. The van der Waals surface area contributed by atoms with Crippen LogP contribution in [-0.4, -0.2) is 17.1 Å². The van der Waals surface area contributed by atoms with Crippen LogP contribution in [0, 0.1) is 13.8 Å². The third-order valence-corrected chi connectivity index (χ3v) is 3.23. The first-order valence-electron chi connectivity index (χ1n) is 5.71. The highest BCUT2D eigenvalue weighted by molar-refractivity contribution is 9.10. The summed E-state index contributed by atoms with van der Waals surface area (Å²) in [7, 11) is 1.54. The number of hydrogen-bond donors (Lipinski definition) is 2. The van der Waals surface area contributed by atoms with E-state index in [9.17, 15) is 0 Å². The molecule has 1 aromatic heterocycles. The van der Waals surface area contributed by atoms with Crippen molar-refractivity contribution in [3.63, 3.8) is 0 Å². The fourth-order valence-electron chi connectivity index (χ4n) is 1.90. The number of anilines is 3. The van der Waals surface area contributed by atoms with E-state index in [0.717, 1.165) is 21.3 Å². The molecular weight excluding hydrogens is 308 g/mol. The van der Waals surface area contributed by atoms with Crippen molar-refractivity contribution in [2.75, 3.05) is 18.2 Å². The number of hydrogen-bond acceptors (Lipinski definition) is 5. The minimum absolute atomic E-state index is 0.312. The molecule has 0 amide bonds. The van der Waals surface area contributed by atoms with E-state index in [1.54, 1.807) is 7.11 Å². The van der Waals surface area contributed by atoms with Crippen molar-refractivity contribution in [2.45, 2.75) is 13.8 Å². The average Bonchev–Trinajstić information content (AvgIpc) is 2.34. The van der Waals surface area contributed by atoms with Crippen LogP contribution in [0.5, 0.6) is 5.75 Å². The summed E-state index contributed by atoms with van der Waals surface area (Å²) in [6.45, 7) is 4.05. The Morgan fingerprint density at radius 1 is 1.21 bits per heavy atom. The molecule has 0 fully saturated rings. The van der Waals surface area contributed by atoms with Crippen LogP contribution in [0.25, 0.3) is 0 Å². The summed E-state index contributed by atoms with van der Waals surface area (Å²) in [5.74, 6) is 1.32. The van der Waals surface area contributed by atoms with Gasteiger partial charge < -0.3 is 15.8 Å². The second kappa shape index (κ2) is 5.44. The second-order valence-electron chi connectivity index (χ2n) is 4.18. The number of nitrogen functional groups attached to an aromatic ring is 1. The van der Waals surface area contributed by atoms with Crippen molar-refractivity contribution in [3.05, 3.63) is 34.1 Å². The highest BCUT2D eigenvalue weighted by Gasteiger charge is 2.12. The Hall–Kier alpha value is -1.82.